The van der Waals surface area contributed by atoms with Crippen LogP contribution < -0.4 is 0 Å². The number of hydrogen-bond donors (Lipinski definition) is 1. The fourth-order valence-corrected chi connectivity index (χ4v) is 3.93. The van der Waals surface area contributed by atoms with E-state index in [1.54, 1.807) is 7.11 Å². The maximum absolute atomic E-state index is 12.6. The summed E-state index contributed by atoms with van der Waals surface area (Å²) < 4.78 is 33.0. The standard InChI is InChI=1S/C12H19N3O5S/c1-12(20-2)4-3-5-15(9-12)21(18,19)10-6-13-14(7-10)8-11(16)17/h6-7H,3-5,8-9H2,1-2H3,(H,16,17). The van der Waals surface area contributed by atoms with Crippen molar-refractivity contribution < 1.29 is 23.1 Å². The first-order valence-corrected chi connectivity index (χ1v) is 8.00. The molecule has 2 rings (SSSR count). The number of nitrogens with zero attached hydrogens (tertiary/aromatic N) is 3. The Labute approximate surface area is 123 Å². The van der Waals surface area contributed by atoms with E-state index in [1.165, 1.54) is 16.7 Å². The maximum atomic E-state index is 12.6. The molecule has 1 N–H and O–H groups in total. The highest BCUT2D eigenvalue weighted by molar-refractivity contribution is 7.89. The van der Waals surface area contributed by atoms with Gasteiger partial charge in [-0.15, -0.1) is 0 Å². The van der Waals surface area contributed by atoms with Gasteiger partial charge in [0.05, 0.1) is 11.8 Å². The molecule has 1 unspecified atom stereocenters. The normalized spacial score (nSPS) is 24.1. The fraction of sp³-hybridized carbons (Fsp3) is 0.667. The van der Waals surface area contributed by atoms with Gasteiger partial charge in [-0.05, 0) is 19.8 Å². The molecule has 2 heterocycles. The van der Waals surface area contributed by atoms with E-state index in [9.17, 15) is 13.2 Å². The van der Waals surface area contributed by atoms with Crippen molar-refractivity contribution in [3.05, 3.63) is 12.4 Å². The minimum atomic E-state index is -3.68. The Bertz CT molecular complexity index is 627. The second kappa shape index (κ2) is 5.74. The average Bonchev–Trinajstić information content (AvgIpc) is 2.87. The Morgan fingerprint density at radius 1 is 1.57 bits per heavy atom. The number of carbonyl (C=O) groups is 1. The van der Waals surface area contributed by atoms with Crippen LogP contribution in [0.25, 0.3) is 0 Å². The molecule has 8 nitrogen and oxygen atoms in total. The zero-order valence-corrected chi connectivity index (χ0v) is 12.8. The average molecular weight is 317 g/mol. The Hall–Kier alpha value is -1.45. The Kier molecular flexibility index (Phi) is 4.35. The Morgan fingerprint density at radius 2 is 2.29 bits per heavy atom. The number of ether oxygens (including phenoxy) is 1. The third-order valence-electron chi connectivity index (χ3n) is 3.66. The molecule has 118 valence electrons. The summed E-state index contributed by atoms with van der Waals surface area (Å²) in [5.41, 5.74) is -0.498. The molecule has 1 atom stereocenters. The molecule has 1 aliphatic rings. The summed E-state index contributed by atoms with van der Waals surface area (Å²) in [6.07, 6.45) is 3.93. The van der Waals surface area contributed by atoms with Crippen LogP contribution in [0.1, 0.15) is 19.8 Å². The molecule has 0 bridgehead atoms. The molecular weight excluding hydrogens is 298 g/mol. The SMILES string of the molecule is COC1(C)CCCN(S(=O)(=O)c2cnn(CC(=O)O)c2)C1. The van der Waals surface area contributed by atoms with E-state index >= 15 is 0 Å². The number of piperidine rings is 1. The number of carboxylic acids is 1. The lowest BCUT2D eigenvalue weighted by Gasteiger charge is -2.38. The van der Waals surface area contributed by atoms with Crippen molar-refractivity contribution in [1.29, 1.82) is 0 Å². The maximum Gasteiger partial charge on any atom is 0.325 e. The van der Waals surface area contributed by atoms with Gasteiger partial charge in [-0.3, -0.25) is 9.48 Å². The van der Waals surface area contributed by atoms with Crippen molar-refractivity contribution in [3.8, 4) is 0 Å². The second-order valence-corrected chi connectivity index (χ2v) is 7.30. The van der Waals surface area contributed by atoms with Crippen molar-refractivity contribution in [2.24, 2.45) is 0 Å². The lowest BCUT2D eigenvalue weighted by molar-refractivity contribution is -0.137. The van der Waals surface area contributed by atoms with Crippen LogP contribution in [-0.4, -0.2) is 59.4 Å². The molecule has 0 amide bonds. The van der Waals surface area contributed by atoms with E-state index in [1.807, 2.05) is 6.92 Å². The number of aliphatic carboxylic acids is 1. The van der Waals surface area contributed by atoms with Crippen LogP contribution in [0.3, 0.4) is 0 Å². The van der Waals surface area contributed by atoms with Gasteiger partial charge in [-0.25, -0.2) is 8.42 Å². The highest BCUT2D eigenvalue weighted by Gasteiger charge is 2.37. The van der Waals surface area contributed by atoms with Gasteiger partial charge in [0, 0.05) is 26.4 Å². The van der Waals surface area contributed by atoms with Gasteiger partial charge in [0.2, 0.25) is 10.0 Å². The highest BCUT2D eigenvalue weighted by Crippen LogP contribution is 2.28. The zero-order valence-electron chi connectivity index (χ0n) is 12.0. The smallest absolute Gasteiger partial charge is 0.325 e. The predicted octanol–water partition coefficient (Wildman–Crippen LogP) is 0.157. The van der Waals surface area contributed by atoms with Crippen molar-refractivity contribution in [2.75, 3.05) is 20.2 Å². The van der Waals surface area contributed by atoms with E-state index < -0.39 is 21.6 Å². The first-order chi connectivity index (χ1) is 9.77. The van der Waals surface area contributed by atoms with Gasteiger partial charge < -0.3 is 9.84 Å². The topological polar surface area (TPSA) is 102 Å². The molecule has 0 radical (unpaired) electrons. The van der Waals surface area contributed by atoms with Crippen molar-refractivity contribution in [1.82, 2.24) is 14.1 Å². The molecule has 1 saturated heterocycles. The third kappa shape index (κ3) is 3.42. The van der Waals surface area contributed by atoms with E-state index in [0.29, 0.717) is 13.0 Å². The molecule has 1 aliphatic heterocycles. The van der Waals surface area contributed by atoms with Gasteiger partial charge in [0.1, 0.15) is 11.4 Å². The van der Waals surface area contributed by atoms with Crippen LogP contribution >= 0.6 is 0 Å². The number of hydrogen-bond acceptors (Lipinski definition) is 5. The van der Waals surface area contributed by atoms with E-state index in [-0.39, 0.29) is 18.0 Å². The second-order valence-electron chi connectivity index (χ2n) is 5.36. The van der Waals surface area contributed by atoms with Gasteiger partial charge in [-0.1, -0.05) is 0 Å². The molecule has 21 heavy (non-hydrogen) atoms. The summed E-state index contributed by atoms with van der Waals surface area (Å²) in [5.74, 6) is -1.08. The van der Waals surface area contributed by atoms with E-state index in [4.69, 9.17) is 9.84 Å². The minimum absolute atomic E-state index is 0.00380. The Balaban J connectivity index is 2.21. The molecule has 1 fully saturated rings. The zero-order chi connectivity index (χ0) is 15.7. The predicted molar refractivity (Wildman–Crippen MR) is 73.3 cm³/mol. The first kappa shape index (κ1) is 15.9. The third-order valence-corrected chi connectivity index (χ3v) is 5.46. The summed E-state index contributed by atoms with van der Waals surface area (Å²) in [6, 6.07) is 0. The molecule has 9 heteroatoms. The quantitative estimate of drug-likeness (QED) is 0.830. The summed E-state index contributed by atoms with van der Waals surface area (Å²) >= 11 is 0. The van der Waals surface area contributed by atoms with Gasteiger partial charge in [0.15, 0.2) is 0 Å². The van der Waals surface area contributed by atoms with Crippen LogP contribution in [0, 0.1) is 0 Å². The summed E-state index contributed by atoms with van der Waals surface area (Å²) in [7, 11) is -2.11. The molecule has 1 aromatic heterocycles. The van der Waals surface area contributed by atoms with Crippen LogP contribution in [0.2, 0.25) is 0 Å². The summed E-state index contributed by atoms with van der Waals surface area (Å²) in [5, 5.41) is 12.5. The van der Waals surface area contributed by atoms with Gasteiger partial charge in [-0.2, -0.15) is 9.40 Å². The van der Waals surface area contributed by atoms with Crippen LogP contribution in [-0.2, 0) is 26.1 Å². The fourth-order valence-electron chi connectivity index (χ4n) is 2.38. The number of rotatable bonds is 5. The van der Waals surface area contributed by atoms with Crippen molar-refractivity contribution in [3.63, 3.8) is 0 Å². The number of carboxylic acid groups (broad SMARTS) is 1. The lowest BCUT2D eigenvalue weighted by Crippen LogP contribution is -2.49. The van der Waals surface area contributed by atoms with Crippen molar-refractivity contribution in [2.45, 2.75) is 36.8 Å². The molecule has 0 saturated carbocycles. The van der Waals surface area contributed by atoms with Crippen molar-refractivity contribution >= 4 is 16.0 Å². The molecule has 0 spiro atoms. The van der Waals surface area contributed by atoms with Gasteiger partial charge in [0.25, 0.3) is 0 Å². The Morgan fingerprint density at radius 3 is 2.90 bits per heavy atom. The first-order valence-electron chi connectivity index (χ1n) is 6.56. The number of sulfonamides is 1. The van der Waals surface area contributed by atoms with Crippen LogP contribution in [0.4, 0.5) is 0 Å². The largest absolute Gasteiger partial charge is 0.480 e. The van der Waals surface area contributed by atoms with Crippen LogP contribution in [0.5, 0.6) is 0 Å². The number of methoxy groups -OCH3 is 1. The molecular formula is C12H19N3O5S. The molecule has 0 aliphatic carbocycles. The minimum Gasteiger partial charge on any atom is -0.480 e. The molecule has 1 aromatic rings. The summed E-state index contributed by atoms with van der Waals surface area (Å²) in [4.78, 5) is 10.6. The number of aromatic nitrogens is 2. The van der Waals surface area contributed by atoms with Gasteiger partial charge >= 0.3 is 5.97 Å². The van der Waals surface area contributed by atoms with Crippen LogP contribution in [0.15, 0.2) is 17.3 Å². The highest BCUT2D eigenvalue weighted by atomic mass is 32.2. The summed E-state index contributed by atoms with van der Waals surface area (Å²) in [6.45, 7) is 2.20. The monoisotopic (exact) mass is 317 g/mol. The molecule has 0 aromatic carbocycles. The lowest BCUT2D eigenvalue weighted by atomic mass is 9.96. The van der Waals surface area contributed by atoms with E-state index in [0.717, 1.165) is 11.1 Å². The van der Waals surface area contributed by atoms with E-state index in [2.05, 4.69) is 5.10 Å².